The molecule has 0 aliphatic rings. The zero-order valence-electron chi connectivity index (χ0n) is 13.4. The van der Waals surface area contributed by atoms with Gasteiger partial charge in [-0.2, -0.15) is 0 Å². The van der Waals surface area contributed by atoms with Crippen LogP contribution in [0, 0.1) is 5.41 Å². The van der Waals surface area contributed by atoms with Gasteiger partial charge in [-0.1, -0.05) is 27.7 Å². The van der Waals surface area contributed by atoms with E-state index in [0.29, 0.717) is 6.61 Å². The minimum atomic E-state index is -0.108. The lowest BCUT2D eigenvalue weighted by Crippen LogP contribution is -2.24. The zero-order valence-corrected chi connectivity index (χ0v) is 15.0. The van der Waals surface area contributed by atoms with Crippen LogP contribution in [0.5, 0.6) is 0 Å². The fraction of sp³-hybridized carbons (Fsp3) is 0.733. The molecule has 0 bridgehead atoms. The van der Waals surface area contributed by atoms with Crippen molar-refractivity contribution in [1.82, 2.24) is 9.97 Å². The lowest BCUT2D eigenvalue weighted by molar-refractivity contribution is -0.0191. The van der Waals surface area contributed by atoms with Crippen molar-refractivity contribution in [2.24, 2.45) is 5.41 Å². The molecule has 0 aliphatic carbocycles. The highest BCUT2D eigenvalue weighted by Gasteiger charge is 2.30. The highest BCUT2D eigenvalue weighted by atomic mass is 79.9. The largest absolute Gasteiger partial charge is 0.370 e. The SMILES string of the molecule is CCNc1nc(C(OCC)C(C)(C)C)nc(CC)c1Br. The van der Waals surface area contributed by atoms with Crippen LogP contribution in [0.2, 0.25) is 0 Å². The average molecular weight is 344 g/mol. The number of rotatable bonds is 6. The highest BCUT2D eigenvalue weighted by molar-refractivity contribution is 9.10. The second-order valence-corrected chi connectivity index (χ2v) is 6.57. The van der Waals surface area contributed by atoms with Gasteiger partial charge in [-0.15, -0.1) is 0 Å². The summed E-state index contributed by atoms with van der Waals surface area (Å²) in [4.78, 5) is 9.36. The third kappa shape index (κ3) is 4.16. The van der Waals surface area contributed by atoms with E-state index in [4.69, 9.17) is 9.72 Å². The average Bonchev–Trinajstić information content (AvgIpc) is 2.37. The maximum atomic E-state index is 5.90. The molecule has 114 valence electrons. The summed E-state index contributed by atoms with van der Waals surface area (Å²) in [5.41, 5.74) is 0.970. The molecule has 1 heterocycles. The van der Waals surface area contributed by atoms with E-state index in [0.717, 1.165) is 34.8 Å². The van der Waals surface area contributed by atoms with Gasteiger partial charge in [0.25, 0.3) is 0 Å². The topological polar surface area (TPSA) is 47.0 Å². The Hall–Kier alpha value is -0.680. The van der Waals surface area contributed by atoms with Gasteiger partial charge in [-0.25, -0.2) is 9.97 Å². The monoisotopic (exact) mass is 343 g/mol. The third-order valence-electron chi connectivity index (χ3n) is 2.97. The maximum Gasteiger partial charge on any atom is 0.160 e. The third-order valence-corrected chi connectivity index (χ3v) is 3.80. The predicted molar refractivity (Wildman–Crippen MR) is 87.1 cm³/mol. The fourth-order valence-electron chi connectivity index (χ4n) is 2.03. The van der Waals surface area contributed by atoms with Crippen molar-refractivity contribution in [2.45, 2.75) is 54.1 Å². The summed E-state index contributed by atoms with van der Waals surface area (Å²) in [6.45, 7) is 14.1. The van der Waals surface area contributed by atoms with Crippen LogP contribution in [-0.4, -0.2) is 23.1 Å². The number of aromatic nitrogens is 2. The molecule has 5 heteroatoms. The lowest BCUT2D eigenvalue weighted by atomic mass is 9.88. The summed E-state index contributed by atoms with van der Waals surface area (Å²) in [5, 5.41) is 3.29. The molecule has 20 heavy (non-hydrogen) atoms. The highest BCUT2D eigenvalue weighted by Crippen LogP contribution is 2.36. The second kappa shape index (κ2) is 7.36. The van der Waals surface area contributed by atoms with E-state index >= 15 is 0 Å². The van der Waals surface area contributed by atoms with E-state index in [9.17, 15) is 0 Å². The van der Waals surface area contributed by atoms with Crippen LogP contribution >= 0.6 is 15.9 Å². The Balaban J connectivity index is 3.31. The first-order valence-electron chi connectivity index (χ1n) is 7.26. The molecule has 1 aromatic rings. The molecule has 4 nitrogen and oxygen atoms in total. The molecule has 1 unspecified atom stereocenters. The minimum Gasteiger partial charge on any atom is -0.370 e. The van der Waals surface area contributed by atoms with E-state index in [1.165, 1.54) is 0 Å². The molecule has 0 fully saturated rings. The molecule has 0 spiro atoms. The van der Waals surface area contributed by atoms with Gasteiger partial charge >= 0.3 is 0 Å². The Bertz CT molecular complexity index is 443. The van der Waals surface area contributed by atoms with Gasteiger partial charge in [0.15, 0.2) is 5.82 Å². The van der Waals surface area contributed by atoms with Crippen molar-refractivity contribution in [3.63, 3.8) is 0 Å². The predicted octanol–water partition coefficient (Wildman–Crippen LogP) is 4.36. The number of ether oxygens (including phenoxy) is 1. The molecule has 1 aromatic heterocycles. The van der Waals surface area contributed by atoms with Gasteiger partial charge < -0.3 is 10.1 Å². The Labute approximate surface area is 130 Å². The van der Waals surface area contributed by atoms with Gasteiger partial charge in [-0.3, -0.25) is 0 Å². The quantitative estimate of drug-likeness (QED) is 0.833. The molecule has 0 aromatic carbocycles. The van der Waals surface area contributed by atoms with Crippen molar-refractivity contribution in [3.8, 4) is 0 Å². The van der Waals surface area contributed by atoms with Gasteiger partial charge in [0.05, 0.1) is 10.2 Å². The molecule has 1 rings (SSSR count). The Kier molecular flexibility index (Phi) is 6.40. The normalized spacial score (nSPS) is 13.3. The standard InChI is InChI=1S/C15H26BrN3O/c1-7-10-11(16)13(17-8-2)19-14(18-10)12(20-9-3)15(4,5)6/h12H,7-9H2,1-6H3,(H,17,18,19). The van der Waals surface area contributed by atoms with Crippen LogP contribution in [0.1, 0.15) is 59.2 Å². The number of aryl methyl sites for hydroxylation is 1. The van der Waals surface area contributed by atoms with Crippen molar-refractivity contribution < 1.29 is 4.74 Å². The summed E-state index contributed by atoms with van der Waals surface area (Å²) in [6, 6.07) is 0. The first-order chi connectivity index (χ1) is 9.35. The molecule has 1 N–H and O–H groups in total. The zero-order chi connectivity index (χ0) is 15.3. The van der Waals surface area contributed by atoms with E-state index in [-0.39, 0.29) is 11.5 Å². The second-order valence-electron chi connectivity index (χ2n) is 5.78. The molecular weight excluding hydrogens is 318 g/mol. The molecule has 0 radical (unpaired) electrons. The molecule has 0 saturated heterocycles. The Morgan fingerprint density at radius 3 is 2.30 bits per heavy atom. The molecular formula is C15H26BrN3O. The van der Waals surface area contributed by atoms with Gasteiger partial charge in [0.1, 0.15) is 11.9 Å². The van der Waals surface area contributed by atoms with Crippen LogP contribution < -0.4 is 5.32 Å². The van der Waals surface area contributed by atoms with Gasteiger partial charge in [0.2, 0.25) is 0 Å². The number of hydrogen-bond acceptors (Lipinski definition) is 4. The van der Waals surface area contributed by atoms with Gasteiger partial charge in [0, 0.05) is 13.2 Å². The fourth-order valence-corrected chi connectivity index (χ4v) is 2.63. The van der Waals surface area contributed by atoms with E-state index in [1.807, 2.05) is 6.92 Å². The van der Waals surface area contributed by atoms with Crippen LogP contribution in [0.4, 0.5) is 5.82 Å². The van der Waals surface area contributed by atoms with Crippen molar-refractivity contribution >= 4 is 21.7 Å². The van der Waals surface area contributed by atoms with Gasteiger partial charge in [-0.05, 0) is 41.6 Å². The van der Waals surface area contributed by atoms with Crippen LogP contribution in [0.15, 0.2) is 4.47 Å². The Morgan fingerprint density at radius 1 is 1.20 bits per heavy atom. The summed E-state index contributed by atoms with van der Waals surface area (Å²) < 4.78 is 6.85. The van der Waals surface area contributed by atoms with Crippen LogP contribution in [0.3, 0.4) is 0 Å². The smallest absolute Gasteiger partial charge is 0.160 e. The van der Waals surface area contributed by atoms with Crippen molar-refractivity contribution in [3.05, 3.63) is 16.0 Å². The molecule has 0 aliphatic heterocycles. The summed E-state index contributed by atoms with van der Waals surface area (Å²) >= 11 is 3.59. The number of nitrogens with one attached hydrogen (secondary N) is 1. The van der Waals surface area contributed by atoms with Crippen molar-refractivity contribution in [1.29, 1.82) is 0 Å². The van der Waals surface area contributed by atoms with E-state index in [1.54, 1.807) is 0 Å². The van der Waals surface area contributed by atoms with E-state index < -0.39 is 0 Å². The first kappa shape index (κ1) is 17.4. The summed E-state index contributed by atoms with van der Waals surface area (Å²) in [7, 11) is 0. The van der Waals surface area contributed by atoms with Crippen molar-refractivity contribution in [2.75, 3.05) is 18.5 Å². The number of hydrogen-bond donors (Lipinski definition) is 1. The number of nitrogens with zero attached hydrogens (tertiary/aromatic N) is 2. The van der Waals surface area contributed by atoms with Crippen LogP contribution in [0.25, 0.3) is 0 Å². The lowest BCUT2D eigenvalue weighted by Gasteiger charge is -2.29. The Morgan fingerprint density at radius 2 is 1.85 bits per heavy atom. The van der Waals surface area contributed by atoms with E-state index in [2.05, 4.69) is 60.8 Å². The van der Waals surface area contributed by atoms with Crippen LogP contribution in [-0.2, 0) is 11.2 Å². The minimum absolute atomic E-state index is 0.0433. The molecule has 1 atom stereocenters. The molecule has 0 saturated carbocycles. The summed E-state index contributed by atoms with van der Waals surface area (Å²) in [5.74, 6) is 1.61. The number of anilines is 1. The maximum absolute atomic E-state index is 5.90. The summed E-state index contributed by atoms with van der Waals surface area (Å²) in [6.07, 6.45) is 0.751. The number of halogens is 1. The molecule has 0 amide bonds. The first-order valence-corrected chi connectivity index (χ1v) is 8.06.